The van der Waals surface area contributed by atoms with Gasteiger partial charge in [-0.1, -0.05) is 24.3 Å². The number of nitrogens with zero attached hydrogens (tertiary/aromatic N) is 1. The topological polar surface area (TPSA) is 73.3 Å². The normalized spacial score (nSPS) is 17.3. The summed E-state index contributed by atoms with van der Waals surface area (Å²) in [5.74, 6) is 1.49. The number of furan rings is 1. The van der Waals surface area contributed by atoms with Gasteiger partial charge in [-0.15, -0.1) is 0 Å². The second-order valence-electron chi connectivity index (χ2n) is 5.49. The average Bonchev–Trinajstić information content (AvgIpc) is 3.01. The zero-order chi connectivity index (χ0) is 16.4. The van der Waals surface area contributed by atoms with Crippen molar-refractivity contribution >= 4 is 17.5 Å². The van der Waals surface area contributed by atoms with E-state index in [9.17, 15) is 14.9 Å². The summed E-state index contributed by atoms with van der Waals surface area (Å²) < 4.78 is 5.65. The Labute approximate surface area is 133 Å². The molecule has 1 aromatic heterocycles. The molecule has 0 spiro atoms. The standard InChI is InChI=1S/C18H15NO4/c1-12-2-9-18(23-12)14-3-4-15(11-20)17(10-14)13-5-7-16(8-6-13)19(21)22/h2-9,11,17H,10H2,1H3. The predicted octanol–water partition coefficient (Wildman–Crippen LogP) is 4.19. The van der Waals surface area contributed by atoms with E-state index in [0.717, 1.165) is 28.9 Å². The van der Waals surface area contributed by atoms with Gasteiger partial charge in [0.1, 0.15) is 17.8 Å². The van der Waals surface area contributed by atoms with Gasteiger partial charge in [0.25, 0.3) is 5.69 Å². The van der Waals surface area contributed by atoms with Gasteiger partial charge in [-0.05, 0) is 42.2 Å². The number of benzene rings is 1. The zero-order valence-electron chi connectivity index (χ0n) is 12.6. The number of aryl methyl sites for hydroxylation is 1. The Balaban J connectivity index is 1.92. The third kappa shape index (κ3) is 2.99. The summed E-state index contributed by atoms with van der Waals surface area (Å²) in [6, 6.07) is 10.1. The van der Waals surface area contributed by atoms with Crippen LogP contribution in [-0.4, -0.2) is 11.2 Å². The van der Waals surface area contributed by atoms with Crippen LogP contribution in [0.25, 0.3) is 5.57 Å². The van der Waals surface area contributed by atoms with Gasteiger partial charge in [-0.25, -0.2) is 0 Å². The number of nitro groups is 1. The Hall–Kier alpha value is -2.95. The minimum atomic E-state index is -0.432. The molecule has 0 amide bonds. The van der Waals surface area contributed by atoms with Gasteiger partial charge in [0, 0.05) is 18.1 Å². The van der Waals surface area contributed by atoms with Crippen LogP contribution >= 0.6 is 0 Å². The summed E-state index contributed by atoms with van der Waals surface area (Å²) >= 11 is 0. The van der Waals surface area contributed by atoms with E-state index in [2.05, 4.69) is 0 Å². The molecule has 116 valence electrons. The molecule has 1 aliphatic rings. The van der Waals surface area contributed by atoms with Gasteiger partial charge in [-0.3, -0.25) is 14.9 Å². The summed E-state index contributed by atoms with van der Waals surface area (Å²) in [5.41, 5.74) is 2.58. The lowest BCUT2D eigenvalue weighted by Crippen LogP contribution is -2.08. The first-order valence-corrected chi connectivity index (χ1v) is 7.25. The predicted molar refractivity (Wildman–Crippen MR) is 86.0 cm³/mol. The van der Waals surface area contributed by atoms with Gasteiger partial charge in [0.15, 0.2) is 0 Å². The van der Waals surface area contributed by atoms with Crippen molar-refractivity contribution in [2.75, 3.05) is 0 Å². The monoisotopic (exact) mass is 309 g/mol. The Morgan fingerprint density at radius 1 is 1.17 bits per heavy atom. The van der Waals surface area contributed by atoms with E-state index < -0.39 is 4.92 Å². The third-order valence-electron chi connectivity index (χ3n) is 4.00. The van der Waals surface area contributed by atoms with Crippen LogP contribution in [0.3, 0.4) is 0 Å². The maximum atomic E-state index is 11.3. The zero-order valence-corrected chi connectivity index (χ0v) is 12.6. The van der Waals surface area contributed by atoms with Crippen molar-refractivity contribution in [1.82, 2.24) is 0 Å². The molecule has 1 heterocycles. The summed E-state index contributed by atoms with van der Waals surface area (Å²) in [6.07, 6.45) is 5.14. The number of aldehydes is 1. The lowest BCUT2D eigenvalue weighted by atomic mass is 9.82. The number of carbonyl (C=O) groups is 1. The molecule has 0 saturated carbocycles. The van der Waals surface area contributed by atoms with Crippen LogP contribution in [0, 0.1) is 17.0 Å². The van der Waals surface area contributed by atoms with Gasteiger partial charge in [-0.2, -0.15) is 0 Å². The summed E-state index contributed by atoms with van der Waals surface area (Å²) in [6.45, 7) is 1.88. The maximum Gasteiger partial charge on any atom is 0.269 e. The Morgan fingerprint density at radius 3 is 2.48 bits per heavy atom. The van der Waals surface area contributed by atoms with Crippen molar-refractivity contribution < 1.29 is 14.1 Å². The highest BCUT2D eigenvalue weighted by Gasteiger charge is 2.23. The number of hydrogen-bond acceptors (Lipinski definition) is 4. The van der Waals surface area contributed by atoms with Crippen molar-refractivity contribution in [2.45, 2.75) is 19.3 Å². The quantitative estimate of drug-likeness (QED) is 0.482. The molecule has 5 heteroatoms. The fraction of sp³-hybridized carbons (Fsp3) is 0.167. The van der Waals surface area contributed by atoms with Crippen molar-refractivity contribution in [2.24, 2.45) is 0 Å². The minimum Gasteiger partial charge on any atom is -0.462 e. The average molecular weight is 309 g/mol. The largest absolute Gasteiger partial charge is 0.462 e. The van der Waals surface area contributed by atoms with E-state index in [4.69, 9.17) is 4.42 Å². The van der Waals surface area contributed by atoms with E-state index in [0.29, 0.717) is 12.0 Å². The van der Waals surface area contributed by atoms with E-state index in [1.165, 1.54) is 12.1 Å². The van der Waals surface area contributed by atoms with Crippen LogP contribution in [-0.2, 0) is 4.79 Å². The van der Waals surface area contributed by atoms with Crippen molar-refractivity contribution in [1.29, 1.82) is 0 Å². The lowest BCUT2D eigenvalue weighted by Gasteiger charge is -2.21. The van der Waals surface area contributed by atoms with Gasteiger partial charge < -0.3 is 4.42 Å². The number of allylic oxidation sites excluding steroid dienone is 4. The second-order valence-corrected chi connectivity index (χ2v) is 5.49. The first-order valence-electron chi connectivity index (χ1n) is 7.25. The highest BCUT2D eigenvalue weighted by molar-refractivity contribution is 5.81. The number of rotatable bonds is 4. The number of carbonyl (C=O) groups excluding carboxylic acids is 1. The molecular formula is C18H15NO4. The first-order chi connectivity index (χ1) is 11.1. The van der Waals surface area contributed by atoms with Crippen LogP contribution in [0.4, 0.5) is 5.69 Å². The molecule has 5 nitrogen and oxygen atoms in total. The van der Waals surface area contributed by atoms with Crippen molar-refractivity contribution in [3.05, 3.63) is 81.3 Å². The van der Waals surface area contributed by atoms with E-state index in [-0.39, 0.29) is 11.6 Å². The molecule has 1 atom stereocenters. The summed E-state index contributed by atoms with van der Waals surface area (Å²) in [4.78, 5) is 21.7. The summed E-state index contributed by atoms with van der Waals surface area (Å²) in [5, 5.41) is 10.8. The van der Waals surface area contributed by atoms with Gasteiger partial charge in [0.2, 0.25) is 0 Å². The SMILES string of the molecule is Cc1ccc(C2=CC=C(C=O)C(c3ccc([N+](=O)[O-])cc3)C2)o1. The fourth-order valence-corrected chi connectivity index (χ4v) is 2.77. The third-order valence-corrected chi connectivity index (χ3v) is 4.00. The van der Waals surface area contributed by atoms with Gasteiger partial charge in [0.05, 0.1) is 4.92 Å². The van der Waals surface area contributed by atoms with Crippen molar-refractivity contribution in [3.8, 4) is 0 Å². The Morgan fingerprint density at radius 2 is 1.91 bits per heavy atom. The Kier molecular flexibility index (Phi) is 3.93. The molecule has 0 aliphatic heterocycles. The number of non-ortho nitro benzene ring substituents is 1. The van der Waals surface area contributed by atoms with Crippen LogP contribution in [0.15, 0.2) is 58.5 Å². The van der Waals surface area contributed by atoms with Crippen LogP contribution in [0.5, 0.6) is 0 Å². The summed E-state index contributed by atoms with van der Waals surface area (Å²) in [7, 11) is 0. The van der Waals surface area contributed by atoms with Crippen LogP contribution in [0.1, 0.15) is 29.4 Å². The lowest BCUT2D eigenvalue weighted by molar-refractivity contribution is -0.384. The second kappa shape index (κ2) is 6.04. The maximum absolute atomic E-state index is 11.3. The molecular weight excluding hydrogens is 294 g/mol. The molecule has 0 bridgehead atoms. The molecule has 1 unspecified atom stereocenters. The molecule has 0 fully saturated rings. The molecule has 2 aromatic rings. The number of nitro benzene ring substituents is 1. The van der Waals surface area contributed by atoms with E-state index in [1.54, 1.807) is 18.2 Å². The van der Waals surface area contributed by atoms with Crippen LogP contribution < -0.4 is 0 Å². The molecule has 23 heavy (non-hydrogen) atoms. The molecule has 0 N–H and O–H groups in total. The van der Waals surface area contributed by atoms with Crippen molar-refractivity contribution in [3.63, 3.8) is 0 Å². The highest BCUT2D eigenvalue weighted by Crippen LogP contribution is 2.38. The van der Waals surface area contributed by atoms with E-state index in [1.807, 2.05) is 25.1 Å². The number of hydrogen-bond donors (Lipinski definition) is 0. The highest BCUT2D eigenvalue weighted by atomic mass is 16.6. The van der Waals surface area contributed by atoms with E-state index >= 15 is 0 Å². The molecule has 1 aromatic carbocycles. The molecule has 0 saturated heterocycles. The molecule has 1 aliphatic carbocycles. The van der Waals surface area contributed by atoms with Crippen LogP contribution in [0.2, 0.25) is 0 Å². The first kappa shape index (κ1) is 15.0. The molecule has 3 rings (SSSR count). The van der Waals surface area contributed by atoms with Gasteiger partial charge >= 0.3 is 0 Å². The minimum absolute atomic E-state index is 0.0404. The Bertz CT molecular complexity index is 812. The smallest absolute Gasteiger partial charge is 0.269 e. The fourth-order valence-electron chi connectivity index (χ4n) is 2.77. The molecule has 0 radical (unpaired) electrons.